The quantitative estimate of drug-likeness (QED) is 0.0959. The van der Waals surface area contributed by atoms with E-state index in [9.17, 15) is 19.2 Å². The fourth-order valence-electron chi connectivity index (χ4n) is 4.66. The number of hydrogen-bond acceptors (Lipinski definition) is 8. The number of nitrogens with one attached hydrogen (secondary N) is 2. The highest BCUT2D eigenvalue weighted by Gasteiger charge is 2.59. The fraction of sp³-hybridized carbons (Fsp3) is 0.586. The second kappa shape index (κ2) is 14.5. The molecule has 2 N–H and O–H groups in total. The summed E-state index contributed by atoms with van der Waals surface area (Å²) < 4.78 is 21.9. The van der Waals surface area contributed by atoms with Crippen LogP contribution in [-0.2, 0) is 28.2 Å². The molecule has 0 aliphatic carbocycles. The van der Waals surface area contributed by atoms with Gasteiger partial charge in [0.05, 0.1) is 18.1 Å². The standard InChI is InChI=1S/C29H45N3O8Si/c1-10-13-37-26(34)24-21(20(17-30-27(35)38-14-11-2)18-31-28(36)39-15-12-3)16-22-23(25(33)32(22)24)19(4)40-41(8,9)29(5,6)7/h10-12,19-20,22-23H,1-3,13-18H2,4-9H3,(H,30,35)(H,31,36)/t19-,22-,23-/m1/s1. The summed E-state index contributed by atoms with van der Waals surface area (Å²) in [6.45, 7) is 23.2. The van der Waals surface area contributed by atoms with Gasteiger partial charge in [-0.1, -0.05) is 58.7 Å². The van der Waals surface area contributed by atoms with Gasteiger partial charge in [-0.25, -0.2) is 14.4 Å². The van der Waals surface area contributed by atoms with Gasteiger partial charge >= 0.3 is 18.2 Å². The summed E-state index contributed by atoms with van der Waals surface area (Å²) >= 11 is 0. The predicted molar refractivity (Wildman–Crippen MR) is 157 cm³/mol. The molecule has 11 nitrogen and oxygen atoms in total. The first-order valence-electron chi connectivity index (χ1n) is 13.7. The molecule has 1 fully saturated rings. The van der Waals surface area contributed by atoms with Gasteiger partial charge < -0.3 is 34.2 Å². The van der Waals surface area contributed by atoms with Gasteiger partial charge in [0.2, 0.25) is 5.91 Å². The van der Waals surface area contributed by atoms with E-state index in [4.69, 9.17) is 18.6 Å². The lowest BCUT2D eigenvalue weighted by atomic mass is 9.82. The highest BCUT2D eigenvalue weighted by molar-refractivity contribution is 6.74. The molecule has 0 spiro atoms. The van der Waals surface area contributed by atoms with Crippen molar-refractivity contribution < 1.29 is 37.8 Å². The van der Waals surface area contributed by atoms with E-state index in [2.05, 4.69) is 64.2 Å². The number of β-lactam (4-membered cyclic amide) rings is 1. The summed E-state index contributed by atoms with van der Waals surface area (Å²) in [5, 5.41) is 5.28. The van der Waals surface area contributed by atoms with Crippen molar-refractivity contribution in [1.29, 1.82) is 0 Å². The largest absolute Gasteiger partial charge is 0.457 e. The number of rotatable bonds is 15. The number of nitrogens with zero attached hydrogens (tertiary/aromatic N) is 1. The maximum absolute atomic E-state index is 13.5. The number of esters is 1. The van der Waals surface area contributed by atoms with E-state index in [0.29, 0.717) is 12.0 Å². The van der Waals surface area contributed by atoms with Crippen molar-refractivity contribution in [3.63, 3.8) is 0 Å². The van der Waals surface area contributed by atoms with E-state index in [1.165, 1.54) is 23.1 Å². The van der Waals surface area contributed by atoms with Gasteiger partial charge in [-0.3, -0.25) is 4.79 Å². The van der Waals surface area contributed by atoms with E-state index >= 15 is 0 Å². The maximum atomic E-state index is 13.5. The number of carbonyl (C=O) groups is 4. The number of alkyl carbamates (subject to hydrolysis) is 2. The Morgan fingerprint density at radius 1 is 0.976 bits per heavy atom. The maximum Gasteiger partial charge on any atom is 0.407 e. The molecule has 0 radical (unpaired) electrons. The van der Waals surface area contributed by atoms with E-state index in [-0.39, 0.29) is 61.7 Å². The summed E-state index contributed by atoms with van der Waals surface area (Å²) in [5.74, 6) is -1.94. The molecule has 0 aromatic heterocycles. The first kappa shape index (κ1) is 33.8. The molecule has 41 heavy (non-hydrogen) atoms. The Morgan fingerprint density at radius 3 is 1.93 bits per heavy atom. The Morgan fingerprint density at radius 2 is 1.46 bits per heavy atom. The van der Waals surface area contributed by atoms with Crippen molar-refractivity contribution in [2.24, 2.45) is 11.8 Å². The van der Waals surface area contributed by atoms with Gasteiger partial charge in [0, 0.05) is 19.0 Å². The van der Waals surface area contributed by atoms with Gasteiger partial charge in [0.1, 0.15) is 25.5 Å². The van der Waals surface area contributed by atoms with Crippen molar-refractivity contribution in [2.75, 3.05) is 32.9 Å². The molecule has 3 atom stereocenters. The zero-order valence-electron chi connectivity index (χ0n) is 25.1. The summed E-state index contributed by atoms with van der Waals surface area (Å²) in [7, 11) is -2.18. The lowest BCUT2D eigenvalue weighted by molar-refractivity contribution is -0.161. The summed E-state index contributed by atoms with van der Waals surface area (Å²) in [5.41, 5.74) is 0.692. The number of carbonyl (C=O) groups excluding carboxylic acids is 4. The number of hydrogen-bond donors (Lipinski definition) is 2. The Labute approximate surface area is 244 Å². The van der Waals surface area contributed by atoms with Crippen molar-refractivity contribution in [2.45, 2.75) is 64.4 Å². The molecule has 0 saturated carbocycles. The molecule has 228 valence electrons. The van der Waals surface area contributed by atoms with Gasteiger partial charge in [-0.05, 0) is 37.0 Å². The Bertz CT molecular complexity index is 1040. The lowest BCUT2D eigenvalue weighted by Crippen LogP contribution is -2.63. The molecule has 0 unspecified atom stereocenters. The molecule has 2 heterocycles. The van der Waals surface area contributed by atoms with E-state index in [1.807, 2.05) is 6.92 Å². The normalized spacial score (nSPS) is 19.1. The van der Waals surface area contributed by atoms with Gasteiger partial charge in [-0.2, -0.15) is 0 Å². The molecule has 2 rings (SSSR count). The highest BCUT2D eigenvalue weighted by atomic mass is 28.4. The zero-order valence-corrected chi connectivity index (χ0v) is 26.1. The smallest absolute Gasteiger partial charge is 0.407 e. The minimum Gasteiger partial charge on any atom is -0.457 e. The second-order valence-corrected chi connectivity index (χ2v) is 16.3. The third-order valence-electron chi connectivity index (χ3n) is 7.70. The van der Waals surface area contributed by atoms with Gasteiger partial charge in [0.25, 0.3) is 0 Å². The number of amides is 3. The molecule has 3 amide bonds. The van der Waals surface area contributed by atoms with Crippen molar-refractivity contribution >= 4 is 32.4 Å². The monoisotopic (exact) mass is 591 g/mol. The van der Waals surface area contributed by atoms with Crippen LogP contribution in [0.15, 0.2) is 49.2 Å². The van der Waals surface area contributed by atoms with Crippen LogP contribution < -0.4 is 10.6 Å². The molecule has 2 aliphatic heterocycles. The first-order chi connectivity index (χ1) is 19.2. The molecule has 12 heteroatoms. The van der Waals surface area contributed by atoms with Crippen LogP contribution >= 0.6 is 0 Å². The van der Waals surface area contributed by atoms with Crippen molar-refractivity contribution in [3.05, 3.63) is 49.2 Å². The van der Waals surface area contributed by atoms with E-state index < -0.39 is 38.3 Å². The van der Waals surface area contributed by atoms with Crippen LogP contribution in [0.25, 0.3) is 0 Å². The van der Waals surface area contributed by atoms with Crippen LogP contribution in [0.3, 0.4) is 0 Å². The van der Waals surface area contributed by atoms with Crippen LogP contribution in [0.2, 0.25) is 18.1 Å². The van der Waals surface area contributed by atoms with Crippen LogP contribution in [-0.4, -0.2) is 82.3 Å². The first-order valence-corrected chi connectivity index (χ1v) is 16.7. The minimum absolute atomic E-state index is 0.0146. The van der Waals surface area contributed by atoms with E-state index in [1.54, 1.807) is 0 Å². The lowest BCUT2D eigenvalue weighted by Gasteiger charge is -2.49. The SMILES string of the molecule is C=CCOC(=O)NCC(CNC(=O)OCC=C)C1=C(C(=O)OCC=C)N2C(=O)[C@H]([C@@H](C)O[Si](C)(C)C(C)(C)C)[C@H]2C1. The van der Waals surface area contributed by atoms with Gasteiger partial charge in [-0.15, -0.1) is 0 Å². The Hall–Kier alpha value is -3.38. The zero-order chi connectivity index (χ0) is 31.0. The third kappa shape index (κ3) is 8.32. The van der Waals surface area contributed by atoms with Crippen molar-refractivity contribution in [3.8, 4) is 0 Å². The summed E-state index contributed by atoms with van der Waals surface area (Å²) in [6, 6.07) is -0.327. The molecular formula is C29H45N3O8Si. The number of fused-ring (bicyclic) bond motifs is 1. The van der Waals surface area contributed by atoms with Crippen LogP contribution in [0.5, 0.6) is 0 Å². The topological polar surface area (TPSA) is 132 Å². The number of ether oxygens (including phenoxy) is 3. The van der Waals surface area contributed by atoms with Gasteiger partial charge in [0.15, 0.2) is 8.32 Å². The molecule has 0 aromatic carbocycles. The van der Waals surface area contributed by atoms with Crippen LogP contribution in [0, 0.1) is 11.8 Å². The minimum atomic E-state index is -2.18. The molecular weight excluding hydrogens is 546 g/mol. The highest BCUT2D eigenvalue weighted by Crippen LogP contribution is 2.48. The Balaban J connectivity index is 2.38. The Kier molecular flexibility index (Phi) is 12.0. The average molecular weight is 592 g/mol. The van der Waals surface area contributed by atoms with Crippen molar-refractivity contribution in [1.82, 2.24) is 15.5 Å². The summed E-state index contributed by atoms with van der Waals surface area (Å²) in [6.07, 6.45) is 2.91. The van der Waals surface area contributed by atoms with Crippen LogP contribution in [0.1, 0.15) is 34.1 Å². The predicted octanol–water partition coefficient (Wildman–Crippen LogP) is 4.05. The van der Waals surface area contributed by atoms with E-state index in [0.717, 1.165) is 0 Å². The molecule has 0 bridgehead atoms. The molecule has 0 aromatic rings. The van der Waals surface area contributed by atoms with Crippen LogP contribution in [0.4, 0.5) is 9.59 Å². The summed E-state index contributed by atoms with van der Waals surface area (Å²) in [4.78, 5) is 52.7. The third-order valence-corrected chi connectivity index (χ3v) is 12.3. The average Bonchev–Trinajstić information content (AvgIpc) is 3.23. The molecule has 1 saturated heterocycles. The molecule has 2 aliphatic rings. The second-order valence-electron chi connectivity index (χ2n) is 11.6. The fourth-order valence-corrected chi connectivity index (χ4v) is 6.09.